The summed E-state index contributed by atoms with van der Waals surface area (Å²) in [6.45, 7) is 2.04. The standard InChI is InChI=1S/C16H22N4O8/c1-27-10-12(21)9-17-3-5-18(6-4-17)15-13(19(23)24)7-11(16(22)28-2)8-14(15)20(25)26/h7-8,12,21H,3-6,9-10H2,1-2H3. The third-order valence-electron chi connectivity index (χ3n) is 4.40. The van der Waals surface area contributed by atoms with Gasteiger partial charge in [-0.05, 0) is 0 Å². The molecule has 1 heterocycles. The summed E-state index contributed by atoms with van der Waals surface area (Å²) >= 11 is 0. The van der Waals surface area contributed by atoms with Gasteiger partial charge in [0.15, 0.2) is 5.69 Å². The molecule has 1 aromatic rings. The highest BCUT2D eigenvalue weighted by atomic mass is 16.6. The van der Waals surface area contributed by atoms with Crippen LogP contribution >= 0.6 is 0 Å². The Kier molecular flexibility index (Phi) is 7.20. The molecule has 0 amide bonds. The Morgan fingerprint density at radius 1 is 1.14 bits per heavy atom. The summed E-state index contributed by atoms with van der Waals surface area (Å²) in [5.74, 6) is -0.894. The van der Waals surface area contributed by atoms with E-state index in [0.717, 1.165) is 19.2 Å². The Balaban J connectivity index is 2.31. The maximum Gasteiger partial charge on any atom is 0.338 e. The minimum absolute atomic E-state index is 0.139. The lowest BCUT2D eigenvalue weighted by Crippen LogP contribution is -2.49. The van der Waals surface area contributed by atoms with Crippen molar-refractivity contribution in [3.05, 3.63) is 37.9 Å². The summed E-state index contributed by atoms with van der Waals surface area (Å²) in [6.07, 6.45) is -0.667. The van der Waals surface area contributed by atoms with Gasteiger partial charge in [0.2, 0.25) is 0 Å². The van der Waals surface area contributed by atoms with E-state index < -0.39 is 33.3 Å². The minimum Gasteiger partial charge on any atom is -0.465 e. The summed E-state index contributed by atoms with van der Waals surface area (Å²) in [6, 6.07) is 1.98. The maximum atomic E-state index is 11.7. The molecular formula is C16H22N4O8. The van der Waals surface area contributed by atoms with Crippen molar-refractivity contribution in [2.24, 2.45) is 0 Å². The topological polar surface area (TPSA) is 149 Å². The number of esters is 1. The van der Waals surface area contributed by atoms with Crippen LogP contribution in [0.15, 0.2) is 12.1 Å². The van der Waals surface area contributed by atoms with Crippen molar-refractivity contribution < 1.29 is 29.2 Å². The molecule has 1 fully saturated rings. The molecule has 28 heavy (non-hydrogen) atoms. The highest BCUT2D eigenvalue weighted by Crippen LogP contribution is 2.39. The number of anilines is 1. The number of nitro groups is 2. The Hall–Kier alpha value is -2.83. The van der Waals surface area contributed by atoms with Crippen molar-refractivity contribution in [3.63, 3.8) is 0 Å². The van der Waals surface area contributed by atoms with Gasteiger partial charge in [-0.3, -0.25) is 25.1 Å². The first-order chi connectivity index (χ1) is 13.3. The smallest absolute Gasteiger partial charge is 0.338 e. The molecule has 154 valence electrons. The van der Waals surface area contributed by atoms with Crippen LogP contribution in [0.25, 0.3) is 0 Å². The molecule has 0 spiro atoms. The molecule has 1 N–H and O–H groups in total. The van der Waals surface area contributed by atoms with E-state index in [2.05, 4.69) is 4.74 Å². The van der Waals surface area contributed by atoms with Crippen molar-refractivity contribution in [1.29, 1.82) is 0 Å². The fourth-order valence-electron chi connectivity index (χ4n) is 3.14. The van der Waals surface area contributed by atoms with Crippen molar-refractivity contribution in [2.75, 3.05) is 58.5 Å². The third kappa shape index (κ3) is 4.91. The molecule has 0 aromatic heterocycles. The monoisotopic (exact) mass is 398 g/mol. The van der Waals surface area contributed by atoms with Crippen LogP contribution < -0.4 is 4.90 Å². The first-order valence-electron chi connectivity index (χ1n) is 8.48. The van der Waals surface area contributed by atoms with Gasteiger partial charge in [-0.25, -0.2) is 4.79 Å². The van der Waals surface area contributed by atoms with Crippen LogP contribution in [0.2, 0.25) is 0 Å². The zero-order valence-corrected chi connectivity index (χ0v) is 15.6. The summed E-state index contributed by atoms with van der Waals surface area (Å²) in [5.41, 5.74) is -1.45. The number of hydrogen-bond donors (Lipinski definition) is 1. The van der Waals surface area contributed by atoms with E-state index in [-0.39, 0.29) is 17.9 Å². The summed E-state index contributed by atoms with van der Waals surface area (Å²) < 4.78 is 9.41. The number of piperazine rings is 1. The molecule has 1 atom stereocenters. The molecule has 0 saturated carbocycles. The molecule has 0 bridgehead atoms. The number of ether oxygens (including phenoxy) is 2. The normalized spacial score (nSPS) is 15.9. The number of nitrogens with zero attached hydrogens (tertiary/aromatic N) is 4. The second-order valence-corrected chi connectivity index (χ2v) is 6.27. The maximum absolute atomic E-state index is 11.7. The van der Waals surface area contributed by atoms with Gasteiger partial charge >= 0.3 is 17.3 Å². The Bertz CT molecular complexity index is 713. The number of β-amino-alcohol motifs (C(OH)–C–C–N with tert-alkyl or cyclic N) is 1. The van der Waals surface area contributed by atoms with Crippen LogP contribution in [0.3, 0.4) is 0 Å². The number of hydrogen-bond acceptors (Lipinski definition) is 10. The van der Waals surface area contributed by atoms with E-state index in [1.807, 2.05) is 4.90 Å². The van der Waals surface area contributed by atoms with Crippen molar-refractivity contribution >= 4 is 23.0 Å². The van der Waals surface area contributed by atoms with Crippen LogP contribution in [-0.2, 0) is 9.47 Å². The number of carbonyl (C=O) groups is 1. The molecule has 0 aliphatic carbocycles. The molecule has 1 aliphatic rings. The van der Waals surface area contributed by atoms with Crippen molar-refractivity contribution in [2.45, 2.75) is 6.10 Å². The van der Waals surface area contributed by atoms with E-state index >= 15 is 0 Å². The Morgan fingerprint density at radius 2 is 1.68 bits per heavy atom. The predicted molar refractivity (Wildman–Crippen MR) is 97.6 cm³/mol. The van der Waals surface area contributed by atoms with Crippen LogP contribution in [0.4, 0.5) is 17.1 Å². The van der Waals surface area contributed by atoms with Gasteiger partial charge in [0.1, 0.15) is 0 Å². The van der Waals surface area contributed by atoms with Crippen molar-refractivity contribution in [3.8, 4) is 0 Å². The first-order valence-corrected chi connectivity index (χ1v) is 8.48. The summed E-state index contributed by atoms with van der Waals surface area (Å²) in [4.78, 5) is 36.8. The molecule has 1 aliphatic heterocycles. The average Bonchev–Trinajstić information content (AvgIpc) is 2.67. The number of nitro benzene ring substituents is 2. The largest absolute Gasteiger partial charge is 0.465 e. The van der Waals surface area contributed by atoms with E-state index in [1.165, 1.54) is 7.11 Å². The third-order valence-corrected chi connectivity index (χ3v) is 4.40. The van der Waals surface area contributed by atoms with E-state index in [1.54, 1.807) is 4.90 Å². The lowest BCUT2D eigenvalue weighted by Gasteiger charge is -2.36. The van der Waals surface area contributed by atoms with E-state index in [9.17, 15) is 30.1 Å². The first kappa shape index (κ1) is 21.5. The average molecular weight is 398 g/mol. The number of rotatable bonds is 8. The zero-order valence-electron chi connectivity index (χ0n) is 15.6. The summed E-state index contributed by atoms with van der Waals surface area (Å²) in [5, 5.41) is 32.9. The Labute approximate surface area is 160 Å². The number of carbonyl (C=O) groups excluding carboxylic acids is 1. The van der Waals surface area contributed by atoms with Crippen LogP contribution in [-0.4, -0.2) is 85.5 Å². The second kappa shape index (κ2) is 9.39. The number of methoxy groups -OCH3 is 2. The van der Waals surface area contributed by atoms with E-state index in [4.69, 9.17) is 4.74 Å². The molecule has 1 saturated heterocycles. The lowest BCUT2D eigenvalue weighted by atomic mass is 10.1. The van der Waals surface area contributed by atoms with Gasteiger partial charge in [0.05, 0.1) is 35.2 Å². The second-order valence-electron chi connectivity index (χ2n) is 6.27. The van der Waals surface area contributed by atoms with Crippen LogP contribution in [0.1, 0.15) is 10.4 Å². The number of aliphatic hydroxyl groups is 1. The van der Waals surface area contributed by atoms with Crippen molar-refractivity contribution in [1.82, 2.24) is 4.90 Å². The highest BCUT2D eigenvalue weighted by Gasteiger charge is 2.34. The Morgan fingerprint density at radius 3 is 2.11 bits per heavy atom. The van der Waals surface area contributed by atoms with Crippen LogP contribution in [0.5, 0.6) is 0 Å². The molecule has 12 nitrogen and oxygen atoms in total. The fraction of sp³-hybridized carbons (Fsp3) is 0.562. The lowest BCUT2D eigenvalue weighted by molar-refractivity contribution is -0.392. The van der Waals surface area contributed by atoms with Gasteiger partial charge in [-0.15, -0.1) is 0 Å². The van der Waals surface area contributed by atoms with Gasteiger partial charge in [-0.2, -0.15) is 0 Å². The molecule has 0 radical (unpaired) electrons. The molecule has 1 aromatic carbocycles. The minimum atomic E-state index is -0.894. The fourth-order valence-corrected chi connectivity index (χ4v) is 3.14. The predicted octanol–water partition coefficient (Wildman–Crippen LogP) is 0.419. The summed E-state index contributed by atoms with van der Waals surface area (Å²) in [7, 11) is 2.57. The van der Waals surface area contributed by atoms with Gasteiger partial charge < -0.3 is 19.5 Å². The van der Waals surface area contributed by atoms with Gasteiger partial charge in [0.25, 0.3) is 0 Å². The molecule has 12 heteroatoms. The SMILES string of the molecule is COCC(O)CN1CCN(c2c([N+](=O)[O-])cc(C(=O)OC)cc2[N+](=O)[O-])CC1. The zero-order chi connectivity index (χ0) is 20.8. The quantitative estimate of drug-likeness (QED) is 0.371. The molecule has 1 unspecified atom stereocenters. The van der Waals surface area contributed by atoms with Crippen LogP contribution in [0, 0.1) is 20.2 Å². The number of aliphatic hydroxyl groups excluding tert-OH is 1. The van der Waals surface area contributed by atoms with Gasteiger partial charge in [-0.1, -0.05) is 0 Å². The molecule has 2 rings (SSSR count). The molecular weight excluding hydrogens is 376 g/mol. The van der Waals surface area contributed by atoms with E-state index in [0.29, 0.717) is 32.7 Å². The highest BCUT2D eigenvalue weighted by molar-refractivity contribution is 5.94. The number of benzene rings is 1. The van der Waals surface area contributed by atoms with Gasteiger partial charge in [0, 0.05) is 52.0 Å².